The summed E-state index contributed by atoms with van der Waals surface area (Å²) in [5.41, 5.74) is 8.39. The summed E-state index contributed by atoms with van der Waals surface area (Å²) in [5, 5.41) is 0.599. The Morgan fingerprint density at radius 2 is 2.05 bits per heavy atom. The standard InChI is InChI=1S/C16H16ClN3O/c17-14-9-19-8-13(11-4-2-1-3-5-11)15(14)20-7-6-12(10-20)16(18)21/h1-5,8-9,12H,6-7,10H2,(H2,18,21). The third-order valence-electron chi connectivity index (χ3n) is 3.86. The first-order chi connectivity index (χ1) is 10.2. The molecule has 0 saturated carbocycles. The van der Waals surface area contributed by atoms with Gasteiger partial charge in [-0.15, -0.1) is 0 Å². The number of aromatic nitrogens is 1. The molecule has 1 saturated heterocycles. The molecule has 0 spiro atoms. The van der Waals surface area contributed by atoms with E-state index < -0.39 is 0 Å². The molecule has 1 amide bonds. The van der Waals surface area contributed by atoms with E-state index in [-0.39, 0.29) is 11.8 Å². The Labute approximate surface area is 128 Å². The van der Waals surface area contributed by atoms with Crippen molar-refractivity contribution in [1.29, 1.82) is 0 Å². The van der Waals surface area contributed by atoms with Crippen LogP contribution < -0.4 is 10.6 Å². The van der Waals surface area contributed by atoms with E-state index in [0.29, 0.717) is 11.6 Å². The second kappa shape index (κ2) is 5.74. The molecule has 4 nitrogen and oxygen atoms in total. The minimum Gasteiger partial charge on any atom is -0.369 e. The van der Waals surface area contributed by atoms with Crippen molar-refractivity contribution >= 4 is 23.2 Å². The first-order valence-electron chi connectivity index (χ1n) is 6.90. The second-order valence-electron chi connectivity index (χ2n) is 5.22. The molecule has 108 valence electrons. The first-order valence-corrected chi connectivity index (χ1v) is 7.28. The number of rotatable bonds is 3. The van der Waals surface area contributed by atoms with Crippen LogP contribution in [0.5, 0.6) is 0 Å². The molecule has 0 aliphatic carbocycles. The minimum absolute atomic E-state index is 0.113. The van der Waals surface area contributed by atoms with Crippen molar-refractivity contribution in [2.24, 2.45) is 11.7 Å². The fourth-order valence-corrected chi connectivity index (χ4v) is 3.05. The van der Waals surface area contributed by atoms with E-state index in [0.717, 1.165) is 29.8 Å². The number of hydrogen-bond donors (Lipinski definition) is 1. The lowest BCUT2D eigenvalue weighted by Gasteiger charge is -2.23. The van der Waals surface area contributed by atoms with Gasteiger partial charge in [0.05, 0.1) is 16.6 Å². The van der Waals surface area contributed by atoms with E-state index in [2.05, 4.69) is 9.88 Å². The third kappa shape index (κ3) is 2.72. The van der Waals surface area contributed by atoms with Crippen molar-refractivity contribution < 1.29 is 4.79 Å². The Morgan fingerprint density at radius 3 is 2.71 bits per heavy atom. The number of benzene rings is 1. The van der Waals surface area contributed by atoms with E-state index in [9.17, 15) is 4.79 Å². The quantitative estimate of drug-likeness (QED) is 0.948. The van der Waals surface area contributed by atoms with E-state index in [4.69, 9.17) is 17.3 Å². The summed E-state index contributed by atoms with van der Waals surface area (Å²) in [7, 11) is 0. The van der Waals surface area contributed by atoms with Gasteiger partial charge in [-0.05, 0) is 12.0 Å². The number of amides is 1. The van der Waals surface area contributed by atoms with Gasteiger partial charge in [0.25, 0.3) is 0 Å². The van der Waals surface area contributed by atoms with Gasteiger partial charge in [-0.3, -0.25) is 9.78 Å². The summed E-state index contributed by atoms with van der Waals surface area (Å²) in [4.78, 5) is 17.7. The molecule has 3 rings (SSSR count). The molecular weight excluding hydrogens is 286 g/mol. The maximum Gasteiger partial charge on any atom is 0.222 e. The van der Waals surface area contributed by atoms with Crippen LogP contribution in [0.2, 0.25) is 5.02 Å². The average molecular weight is 302 g/mol. The molecule has 1 aromatic heterocycles. The van der Waals surface area contributed by atoms with Crippen molar-refractivity contribution in [3.05, 3.63) is 47.7 Å². The fourth-order valence-electron chi connectivity index (χ4n) is 2.77. The third-order valence-corrected chi connectivity index (χ3v) is 4.14. The highest BCUT2D eigenvalue weighted by molar-refractivity contribution is 6.33. The Bertz CT molecular complexity index is 660. The van der Waals surface area contributed by atoms with Crippen molar-refractivity contribution in [2.45, 2.75) is 6.42 Å². The van der Waals surface area contributed by atoms with Crippen LogP contribution in [-0.4, -0.2) is 24.0 Å². The molecule has 1 aliphatic heterocycles. The van der Waals surface area contributed by atoms with Gasteiger partial charge in [0, 0.05) is 31.0 Å². The highest BCUT2D eigenvalue weighted by Crippen LogP contribution is 2.38. The van der Waals surface area contributed by atoms with Gasteiger partial charge < -0.3 is 10.6 Å². The summed E-state index contributed by atoms with van der Waals surface area (Å²) in [6.45, 7) is 1.38. The van der Waals surface area contributed by atoms with Crippen molar-refractivity contribution in [3.63, 3.8) is 0 Å². The lowest BCUT2D eigenvalue weighted by Crippen LogP contribution is -2.27. The Hall–Kier alpha value is -2.07. The normalized spacial score (nSPS) is 18.0. The molecule has 2 heterocycles. The Kier molecular flexibility index (Phi) is 3.80. The van der Waals surface area contributed by atoms with Crippen LogP contribution in [0.3, 0.4) is 0 Å². The number of carbonyl (C=O) groups excluding carboxylic acids is 1. The molecule has 5 heteroatoms. The lowest BCUT2D eigenvalue weighted by atomic mass is 10.1. The zero-order valence-corrected chi connectivity index (χ0v) is 12.3. The predicted molar refractivity (Wildman–Crippen MR) is 84.2 cm³/mol. The van der Waals surface area contributed by atoms with Crippen LogP contribution in [0.15, 0.2) is 42.7 Å². The van der Waals surface area contributed by atoms with Gasteiger partial charge in [-0.25, -0.2) is 0 Å². The van der Waals surface area contributed by atoms with Gasteiger partial charge in [-0.2, -0.15) is 0 Å². The molecule has 1 unspecified atom stereocenters. The van der Waals surface area contributed by atoms with Gasteiger partial charge >= 0.3 is 0 Å². The smallest absolute Gasteiger partial charge is 0.222 e. The first kappa shape index (κ1) is 13.9. The van der Waals surface area contributed by atoms with Crippen molar-refractivity contribution in [3.8, 4) is 11.1 Å². The molecule has 2 aromatic rings. The predicted octanol–water partition coefficient (Wildman–Crippen LogP) is 2.71. The molecule has 1 aliphatic rings. The number of anilines is 1. The summed E-state index contributed by atoms with van der Waals surface area (Å²) >= 11 is 6.37. The Morgan fingerprint density at radius 1 is 1.29 bits per heavy atom. The van der Waals surface area contributed by atoms with Gasteiger partial charge in [0.2, 0.25) is 5.91 Å². The average Bonchev–Trinajstić information content (AvgIpc) is 2.97. The molecular formula is C16H16ClN3O. The van der Waals surface area contributed by atoms with Gasteiger partial charge in [-0.1, -0.05) is 41.9 Å². The number of hydrogen-bond acceptors (Lipinski definition) is 3. The highest BCUT2D eigenvalue weighted by atomic mass is 35.5. The lowest BCUT2D eigenvalue weighted by molar-refractivity contribution is -0.121. The number of pyridine rings is 1. The minimum atomic E-state index is -0.246. The molecule has 1 aromatic carbocycles. The number of nitrogens with two attached hydrogens (primary N) is 1. The number of halogens is 1. The van der Waals surface area contributed by atoms with Gasteiger partial charge in [0.15, 0.2) is 0 Å². The summed E-state index contributed by atoms with van der Waals surface area (Å²) in [6, 6.07) is 9.99. The zero-order valence-electron chi connectivity index (χ0n) is 11.5. The number of nitrogens with zero attached hydrogens (tertiary/aromatic N) is 2. The Balaban J connectivity index is 2.01. The molecule has 0 radical (unpaired) electrons. The fraction of sp³-hybridized carbons (Fsp3) is 0.250. The molecule has 21 heavy (non-hydrogen) atoms. The topological polar surface area (TPSA) is 59.2 Å². The van der Waals surface area contributed by atoms with Crippen LogP contribution in [0.25, 0.3) is 11.1 Å². The number of carbonyl (C=O) groups is 1. The largest absolute Gasteiger partial charge is 0.369 e. The molecule has 1 atom stereocenters. The van der Waals surface area contributed by atoms with Crippen molar-refractivity contribution in [1.82, 2.24) is 4.98 Å². The highest BCUT2D eigenvalue weighted by Gasteiger charge is 2.29. The molecule has 1 fully saturated rings. The molecule has 2 N–H and O–H groups in total. The van der Waals surface area contributed by atoms with E-state index in [1.165, 1.54) is 0 Å². The maximum absolute atomic E-state index is 11.4. The number of primary amides is 1. The van der Waals surface area contributed by atoms with E-state index >= 15 is 0 Å². The van der Waals surface area contributed by atoms with Crippen LogP contribution in [0.4, 0.5) is 5.69 Å². The van der Waals surface area contributed by atoms with E-state index in [1.807, 2.05) is 36.5 Å². The monoisotopic (exact) mass is 301 g/mol. The van der Waals surface area contributed by atoms with Gasteiger partial charge in [0.1, 0.15) is 0 Å². The zero-order chi connectivity index (χ0) is 14.8. The van der Waals surface area contributed by atoms with E-state index in [1.54, 1.807) is 6.20 Å². The summed E-state index contributed by atoms with van der Waals surface area (Å²) < 4.78 is 0. The SMILES string of the molecule is NC(=O)C1CCN(c2c(Cl)cncc2-c2ccccc2)C1. The summed E-state index contributed by atoms with van der Waals surface area (Å²) in [6.07, 6.45) is 4.22. The van der Waals surface area contributed by atoms with Crippen LogP contribution in [0.1, 0.15) is 6.42 Å². The van der Waals surface area contributed by atoms with Crippen LogP contribution >= 0.6 is 11.6 Å². The molecule has 0 bridgehead atoms. The maximum atomic E-state index is 11.4. The van der Waals surface area contributed by atoms with Crippen LogP contribution in [0, 0.1) is 5.92 Å². The summed E-state index contributed by atoms with van der Waals surface area (Å²) in [5.74, 6) is -0.359. The van der Waals surface area contributed by atoms with Crippen LogP contribution in [-0.2, 0) is 4.79 Å². The van der Waals surface area contributed by atoms with Crippen molar-refractivity contribution in [2.75, 3.05) is 18.0 Å². The second-order valence-corrected chi connectivity index (χ2v) is 5.62.